The van der Waals surface area contributed by atoms with E-state index in [1.54, 1.807) is 19.4 Å². The second-order valence-corrected chi connectivity index (χ2v) is 4.26. The Morgan fingerprint density at radius 3 is 2.79 bits per heavy atom. The molecule has 5 heteroatoms. The van der Waals surface area contributed by atoms with Crippen LogP contribution in [0.4, 0.5) is 0 Å². The first-order valence-corrected chi connectivity index (χ1v) is 6.02. The molecule has 2 N–H and O–H groups in total. The van der Waals surface area contributed by atoms with Crippen molar-refractivity contribution in [1.29, 1.82) is 0 Å². The number of aromatic amines is 1. The normalized spacial score (nSPS) is 10.6. The van der Waals surface area contributed by atoms with E-state index in [4.69, 9.17) is 9.84 Å². The van der Waals surface area contributed by atoms with E-state index in [9.17, 15) is 9.59 Å². The number of aliphatic carboxylic acids is 1. The number of benzene rings is 1. The van der Waals surface area contributed by atoms with Crippen molar-refractivity contribution in [2.75, 3.05) is 7.11 Å². The van der Waals surface area contributed by atoms with Crippen LogP contribution in [0.3, 0.4) is 0 Å². The van der Waals surface area contributed by atoms with Crippen LogP contribution in [0.15, 0.2) is 24.4 Å². The van der Waals surface area contributed by atoms with Crippen molar-refractivity contribution in [1.82, 2.24) is 4.98 Å². The van der Waals surface area contributed by atoms with E-state index in [1.807, 2.05) is 12.1 Å². The zero-order chi connectivity index (χ0) is 13.8. The molecule has 2 rings (SSSR count). The Balaban J connectivity index is 2.24. The number of fused-ring (bicyclic) bond motifs is 1. The van der Waals surface area contributed by atoms with Crippen molar-refractivity contribution in [2.24, 2.45) is 0 Å². The van der Waals surface area contributed by atoms with E-state index in [0.717, 1.165) is 10.9 Å². The van der Waals surface area contributed by atoms with Gasteiger partial charge >= 0.3 is 5.97 Å². The minimum atomic E-state index is -0.885. The number of carboxylic acids is 1. The van der Waals surface area contributed by atoms with Crippen molar-refractivity contribution in [3.05, 3.63) is 30.0 Å². The predicted octanol–water partition coefficient (Wildman–Crippen LogP) is 2.61. The minimum absolute atomic E-state index is 0.00519. The van der Waals surface area contributed by atoms with E-state index in [0.29, 0.717) is 17.7 Å². The molecule has 0 aliphatic carbocycles. The summed E-state index contributed by atoms with van der Waals surface area (Å²) in [5.41, 5.74) is 1.39. The summed E-state index contributed by atoms with van der Waals surface area (Å²) in [6.45, 7) is 0. The van der Waals surface area contributed by atoms with E-state index in [2.05, 4.69) is 4.98 Å². The Labute approximate surface area is 110 Å². The highest BCUT2D eigenvalue weighted by Crippen LogP contribution is 2.29. The van der Waals surface area contributed by atoms with Gasteiger partial charge in [0.25, 0.3) is 0 Å². The van der Waals surface area contributed by atoms with Crippen molar-refractivity contribution in [3.63, 3.8) is 0 Å². The van der Waals surface area contributed by atoms with Crippen LogP contribution < -0.4 is 4.74 Å². The van der Waals surface area contributed by atoms with E-state index < -0.39 is 5.97 Å². The molecule has 0 aliphatic heterocycles. The number of H-pyrrole nitrogens is 1. The average molecular weight is 261 g/mol. The van der Waals surface area contributed by atoms with Gasteiger partial charge in [0.2, 0.25) is 0 Å². The number of carboxylic acid groups (broad SMARTS) is 1. The Bertz CT molecular complexity index is 615. The van der Waals surface area contributed by atoms with Crippen LogP contribution in [0.25, 0.3) is 10.9 Å². The smallest absolute Gasteiger partial charge is 0.303 e. The van der Waals surface area contributed by atoms with Crippen molar-refractivity contribution in [3.8, 4) is 5.75 Å². The molecule has 0 spiro atoms. The van der Waals surface area contributed by atoms with Crippen LogP contribution >= 0.6 is 0 Å². The quantitative estimate of drug-likeness (QED) is 0.783. The predicted molar refractivity (Wildman–Crippen MR) is 70.7 cm³/mol. The molecule has 5 nitrogen and oxygen atoms in total. The molecule has 0 fully saturated rings. The molecule has 19 heavy (non-hydrogen) atoms. The number of hydrogen-bond donors (Lipinski definition) is 2. The standard InChI is InChI=1S/C14H15NO4/c1-19-12-6-2-4-10-14(12)9(8-15-10)11(16)5-3-7-13(17)18/h2,4,6,8,15H,3,5,7H2,1H3,(H,17,18). The molecule has 0 unspecified atom stereocenters. The van der Waals surface area contributed by atoms with Gasteiger partial charge < -0.3 is 14.8 Å². The first-order valence-electron chi connectivity index (χ1n) is 6.02. The summed E-state index contributed by atoms with van der Waals surface area (Å²) in [5.74, 6) is -0.318. The molecule has 0 bridgehead atoms. The molecule has 0 atom stereocenters. The van der Waals surface area contributed by atoms with Crippen molar-refractivity contribution < 1.29 is 19.4 Å². The number of ketones is 1. The number of hydrogen-bond acceptors (Lipinski definition) is 3. The minimum Gasteiger partial charge on any atom is -0.496 e. The molecule has 0 saturated carbocycles. The van der Waals surface area contributed by atoms with E-state index >= 15 is 0 Å². The van der Waals surface area contributed by atoms with Crippen LogP contribution in [0.5, 0.6) is 5.75 Å². The Morgan fingerprint density at radius 1 is 1.32 bits per heavy atom. The highest BCUT2D eigenvalue weighted by Gasteiger charge is 2.15. The number of nitrogens with one attached hydrogen (secondary N) is 1. The summed E-state index contributed by atoms with van der Waals surface area (Å²) in [4.78, 5) is 25.6. The lowest BCUT2D eigenvalue weighted by Crippen LogP contribution is -2.01. The van der Waals surface area contributed by atoms with Gasteiger partial charge in [-0.15, -0.1) is 0 Å². The molecule has 1 aromatic carbocycles. The molecule has 1 aromatic heterocycles. The van der Waals surface area contributed by atoms with E-state index in [-0.39, 0.29) is 18.6 Å². The second-order valence-electron chi connectivity index (χ2n) is 4.26. The summed E-state index contributed by atoms with van der Waals surface area (Å²) < 4.78 is 5.25. The number of Topliss-reactive ketones (excluding diaryl/α,β-unsaturated/α-hetero) is 1. The van der Waals surface area contributed by atoms with Gasteiger partial charge in [-0.3, -0.25) is 9.59 Å². The molecule has 0 radical (unpaired) electrons. The summed E-state index contributed by atoms with van der Waals surface area (Å²) in [7, 11) is 1.56. The maximum Gasteiger partial charge on any atom is 0.303 e. The Morgan fingerprint density at radius 2 is 2.11 bits per heavy atom. The highest BCUT2D eigenvalue weighted by molar-refractivity contribution is 6.10. The molecule has 2 aromatic rings. The van der Waals surface area contributed by atoms with Crippen LogP contribution in [0.1, 0.15) is 29.6 Å². The third-order valence-corrected chi connectivity index (χ3v) is 2.98. The van der Waals surface area contributed by atoms with Gasteiger partial charge in [-0.1, -0.05) is 6.07 Å². The molecule has 1 heterocycles. The van der Waals surface area contributed by atoms with Gasteiger partial charge in [-0.05, 0) is 18.6 Å². The molecule has 0 aliphatic rings. The summed E-state index contributed by atoms with van der Waals surface area (Å²) in [6.07, 6.45) is 2.22. The lowest BCUT2D eigenvalue weighted by atomic mass is 10.0. The average Bonchev–Trinajstić information content (AvgIpc) is 2.81. The highest BCUT2D eigenvalue weighted by atomic mass is 16.5. The lowest BCUT2D eigenvalue weighted by Gasteiger charge is -2.04. The molecule has 0 amide bonds. The number of ether oxygens (including phenoxy) is 1. The Hall–Kier alpha value is -2.30. The third-order valence-electron chi connectivity index (χ3n) is 2.98. The number of aromatic nitrogens is 1. The fourth-order valence-electron chi connectivity index (χ4n) is 2.08. The van der Waals surface area contributed by atoms with Crippen LogP contribution in [-0.2, 0) is 4.79 Å². The molecular weight excluding hydrogens is 246 g/mol. The second kappa shape index (κ2) is 5.56. The summed E-state index contributed by atoms with van der Waals surface area (Å²) >= 11 is 0. The van der Waals surface area contributed by atoms with Gasteiger partial charge in [-0.2, -0.15) is 0 Å². The van der Waals surface area contributed by atoms with Gasteiger partial charge in [-0.25, -0.2) is 0 Å². The number of rotatable bonds is 6. The maximum absolute atomic E-state index is 12.1. The van der Waals surface area contributed by atoms with Crippen molar-refractivity contribution >= 4 is 22.7 Å². The zero-order valence-electron chi connectivity index (χ0n) is 10.6. The monoisotopic (exact) mass is 261 g/mol. The maximum atomic E-state index is 12.1. The van der Waals surface area contributed by atoms with Crippen LogP contribution in [-0.4, -0.2) is 29.0 Å². The zero-order valence-corrected chi connectivity index (χ0v) is 10.6. The number of carbonyl (C=O) groups is 2. The third kappa shape index (κ3) is 2.76. The first-order chi connectivity index (χ1) is 9.13. The molecular formula is C14H15NO4. The Kier molecular flexibility index (Phi) is 3.85. The topological polar surface area (TPSA) is 79.4 Å². The first kappa shape index (κ1) is 13.1. The SMILES string of the molecule is COc1cccc2[nH]cc(C(=O)CCCC(=O)O)c12. The van der Waals surface area contributed by atoms with Gasteiger partial charge in [0.15, 0.2) is 5.78 Å². The summed E-state index contributed by atoms with van der Waals surface area (Å²) in [5, 5.41) is 9.33. The number of carbonyl (C=O) groups excluding carboxylic acids is 1. The molecule has 100 valence electrons. The van der Waals surface area contributed by atoms with E-state index in [1.165, 1.54) is 0 Å². The summed E-state index contributed by atoms with van der Waals surface area (Å²) in [6, 6.07) is 5.51. The van der Waals surface area contributed by atoms with Gasteiger partial charge in [0, 0.05) is 30.1 Å². The fourth-order valence-corrected chi connectivity index (χ4v) is 2.08. The van der Waals surface area contributed by atoms with Gasteiger partial charge in [0.05, 0.1) is 12.5 Å². The molecule has 0 saturated heterocycles. The van der Waals surface area contributed by atoms with Crippen LogP contribution in [0.2, 0.25) is 0 Å². The van der Waals surface area contributed by atoms with Gasteiger partial charge in [0.1, 0.15) is 5.75 Å². The van der Waals surface area contributed by atoms with Crippen LogP contribution in [0, 0.1) is 0 Å². The van der Waals surface area contributed by atoms with Crippen molar-refractivity contribution in [2.45, 2.75) is 19.3 Å². The lowest BCUT2D eigenvalue weighted by molar-refractivity contribution is -0.137. The number of methoxy groups -OCH3 is 1. The largest absolute Gasteiger partial charge is 0.496 e. The fraction of sp³-hybridized carbons (Fsp3) is 0.286.